The molecule has 2 saturated heterocycles. The van der Waals surface area contributed by atoms with E-state index in [2.05, 4.69) is 30.3 Å². The van der Waals surface area contributed by atoms with Gasteiger partial charge < -0.3 is 9.04 Å². The molecule has 106 valence electrons. The van der Waals surface area contributed by atoms with Crippen LogP contribution < -0.4 is 0 Å². The van der Waals surface area contributed by atoms with Crippen molar-refractivity contribution in [1.29, 1.82) is 0 Å². The van der Waals surface area contributed by atoms with Gasteiger partial charge in [-0.2, -0.15) is 0 Å². The summed E-state index contributed by atoms with van der Waals surface area (Å²) in [6, 6.07) is 11.9. The number of benzene rings is 1. The maximum atomic E-state index is 9.08. The van der Waals surface area contributed by atoms with Crippen molar-refractivity contribution in [2.24, 2.45) is 0 Å². The Hall–Kier alpha value is -0.910. The number of piperidine rings is 1. The normalized spacial score (nSPS) is 24.4. The molecule has 1 aromatic carbocycles. The summed E-state index contributed by atoms with van der Waals surface area (Å²) in [6.45, 7) is 4.27. The van der Waals surface area contributed by atoms with Crippen molar-refractivity contribution >= 4 is 10.1 Å². The average Bonchev–Trinajstić information content (AvgIpc) is 3.03. The quantitative estimate of drug-likeness (QED) is 0.449. The fraction of sp³-hybridized carbons (Fsp3) is 0.571. The zero-order valence-corrected chi connectivity index (χ0v) is 12.1. The van der Waals surface area contributed by atoms with Gasteiger partial charge in [-0.15, -0.1) is 0 Å². The van der Waals surface area contributed by atoms with Crippen molar-refractivity contribution in [3.8, 4) is 0 Å². The molecule has 0 unspecified atom stereocenters. The van der Waals surface area contributed by atoms with E-state index in [1.807, 2.05) is 0 Å². The minimum absolute atomic E-state index is 0.604. The van der Waals surface area contributed by atoms with Crippen LogP contribution in [0.1, 0.15) is 30.9 Å². The predicted molar refractivity (Wildman–Crippen MR) is 73.5 cm³/mol. The summed E-state index contributed by atoms with van der Waals surface area (Å²) < 4.78 is 28.6. The van der Waals surface area contributed by atoms with Gasteiger partial charge in [0.25, 0.3) is 0 Å². The van der Waals surface area contributed by atoms with Crippen LogP contribution in [0, 0.1) is 0 Å². The van der Waals surface area contributed by atoms with E-state index in [9.17, 15) is 0 Å². The zero-order chi connectivity index (χ0) is 13.9. The summed E-state index contributed by atoms with van der Waals surface area (Å²) in [7, 11) is -3.92. The van der Waals surface area contributed by atoms with Crippen LogP contribution in [0.4, 0.5) is 0 Å². The molecule has 0 amide bonds. The molecule has 0 radical (unpaired) electrons. The highest BCUT2D eigenvalue weighted by Crippen LogP contribution is 2.46. The topological polar surface area (TPSA) is 57.2 Å². The first-order valence-electron chi connectivity index (χ1n) is 6.72. The van der Waals surface area contributed by atoms with Crippen molar-refractivity contribution in [2.45, 2.75) is 25.3 Å². The van der Waals surface area contributed by atoms with Crippen LogP contribution in [-0.4, -0.2) is 43.3 Å². The van der Waals surface area contributed by atoms with Gasteiger partial charge in [-0.1, -0.05) is 30.3 Å². The Morgan fingerprint density at radius 3 is 2.16 bits per heavy atom. The van der Waals surface area contributed by atoms with E-state index in [-0.39, 0.29) is 0 Å². The van der Waals surface area contributed by atoms with E-state index >= 15 is 0 Å². The summed E-state index contributed by atoms with van der Waals surface area (Å²) in [4.78, 5) is 0. The van der Waals surface area contributed by atoms with Crippen LogP contribution in [0.3, 0.4) is 0 Å². The van der Waals surface area contributed by atoms with E-state index in [1.165, 1.54) is 43.4 Å². The monoisotopic (exact) mass is 283 g/mol. The Kier molecular flexibility index (Phi) is 4.28. The van der Waals surface area contributed by atoms with Crippen molar-refractivity contribution in [2.75, 3.05) is 25.9 Å². The molecule has 2 fully saturated rings. The van der Waals surface area contributed by atoms with Crippen LogP contribution >= 0.6 is 0 Å². The third-order valence-electron chi connectivity index (χ3n) is 3.96. The second kappa shape index (κ2) is 5.61. The number of rotatable bonds is 1. The third-order valence-corrected chi connectivity index (χ3v) is 3.96. The summed E-state index contributed by atoms with van der Waals surface area (Å²) in [5, 5.41) is 0. The number of hydrogen-bond acceptors (Lipinski definition) is 3. The van der Waals surface area contributed by atoms with Gasteiger partial charge in [-0.25, -0.2) is 8.42 Å². The molecular formula is C14H21NO3S. The lowest BCUT2D eigenvalue weighted by Gasteiger charge is -2.25. The molecule has 5 heteroatoms. The van der Waals surface area contributed by atoms with Gasteiger partial charge in [0.1, 0.15) is 6.54 Å². The number of nitrogens with zero attached hydrogens (tertiary/aromatic N) is 1. The first-order valence-corrected chi connectivity index (χ1v) is 8.54. The van der Waals surface area contributed by atoms with Crippen molar-refractivity contribution in [3.05, 3.63) is 35.9 Å². The Balaban J connectivity index is 0.000000232. The van der Waals surface area contributed by atoms with Crippen LogP contribution in [0.2, 0.25) is 0 Å². The molecule has 1 spiro atoms. The summed E-state index contributed by atoms with van der Waals surface area (Å²) >= 11 is 0. The van der Waals surface area contributed by atoms with Crippen LogP contribution in [-0.2, 0) is 10.1 Å². The molecule has 0 bridgehead atoms. The Morgan fingerprint density at radius 2 is 1.63 bits per heavy atom. The molecular weight excluding hydrogens is 262 g/mol. The largest absolute Gasteiger partial charge is 0.748 e. The maximum Gasteiger partial charge on any atom is 0.164 e. The molecule has 0 aromatic heterocycles. The molecule has 19 heavy (non-hydrogen) atoms. The first-order chi connectivity index (χ1) is 8.91. The van der Waals surface area contributed by atoms with Crippen LogP contribution in [0.25, 0.3) is 0 Å². The Bertz CT molecular complexity index is 499. The van der Waals surface area contributed by atoms with Crippen molar-refractivity contribution < 1.29 is 17.5 Å². The first kappa shape index (κ1) is 14.5. The fourth-order valence-electron chi connectivity index (χ4n) is 3.03. The van der Waals surface area contributed by atoms with Gasteiger partial charge in [-0.3, -0.25) is 0 Å². The minimum atomic E-state index is -3.92. The van der Waals surface area contributed by atoms with E-state index in [0.29, 0.717) is 6.26 Å². The minimum Gasteiger partial charge on any atom is -0.748 e. The molecule has 1 aromatic rings. The molecule has 0 saturated carbocycles. The van der Waals surface area contributed by atoms with E-state index in [4.69, 9.17) is 13.0 Å². The highest BCUT2D eigenvalue weighted by atomic mass is 32.2. The van der Waals surface area contributed by atoms with Crippen molar-refractivity contribution in [3.63, 3.8) is 0 Å². The van der Waals surface area contributed by atoms with Gasteiger partial charge >= 0.3 is 0 Å². The highest BCUT2D eigenvalue weighted by molar-refractivity contribution is 7.84. The molecule has 1 atom stereocenters. The molecule has 4 nitrogen and oxygen atoms in total. The fourth-order valence-corrected chi connectivity index (χ4v) is 3.03. The van der Waals surface area contributed by atoms with E-state index < -0.39 is 10.1 Å². The molecule has 2 heterocycles. The SMILES string of the molecule is CS(=O)(=O)[O-].c1ccc([C@H]2C[N+]23CCCCC3)cc1. The van der Waals surface area contributed by atoms with Crippen LogP contribution in [0.5, 0.6) is 0 Å². The molecule has 2 aliphatic heterocycles. The Morgan fingerprint density at radius 1 is 1.11 bits per heavy atom. The number of hydrogen-bond donors (Lipinski definition) is 0. The molecule has 0 aliphatic carbocycles. The van der Waals surface area contributed by atoms with Gasteiger partial charge in [0.15, 0.2) is 6.04 Å². The summed E-state index contributed by atoms with van der Waals surface area (Å²) in [5.74, 6) is 0. The van der Waals surface area contributed by atoms with E-state index in [0.717, 1.165) is 6.04 Å². The van der Waals surface area contributed by atoms with Gasteiger partial charge in [0, 0.05) is 11.8 Å². The van der Waals surface area contributed by atoms with Gasteiger partial charge in [0.05, 0.1) is 23.2 Å². The maximum absolute atomic E-state index is 9.08. The van der Waals surface area contributed by atoms with Gasteiger partial charge in [-0.05, 0) is 19.3 Å². The smallest absolute Gasteiger partial charge is 0.164 e. The molecule has 2 aliphatic rings. The average molecular weight is 283 g/mol. The van der Waals surface area contributed by atoms with E-state index in [1.54, 1.807) is 5.56 Å². The second-order valence-corrected chi connectivity index (χ2v) is 6.95. The van der Waals surface area contributed by atoms with Gasteiger partial charge in [0.2, 0.25) is 0 Å². The Labute approximate surface area is 115 Å². The lowest BCUT2D eigenvalue weighted by molar-refractivity contribution is -0.822. The van der Waals surface area contributed by atoms with Crippen molar-refractivity contribution in [1.82, 2.24) is 0 Å². The lowest BCUT2D eigenvalue weighted by atomic mass is 10.1. The lowest BCUT2D eigenvalue weighted by Crippen LogP contribution is -2.32. The molecule has 3 rings (SSSR count). The third kappa shape index (κ3) is 4.30. The molecule has 0 N–H and O–H groups in total. The van der Waals surface area contributed by atoms with Crippen LogP contribution in [0.15, 0.2) is 30.3 Å². The second-order valence-electron chi connectivity index (χ2n) is 5.54. The number of quaternary nitrogens is 1. The highest BCUT2D eigenvalue weighted by Gasteiger charge is 2.55. The standard InChI is InChI=1S/C13H18N.CH4O3S/c1-3-7-12(8-4-1)13-11-14(13)9-5-2-6-10-14;1-5(2,3)4/h1,3-4,7-8,13H,2,5-6,9-11H2;1H3,(H,2,3,4)/q+1;/p-1/t13-;/m1./s1. The summed E-state index contributed by atoms with van der Waals surface area (Å²) in [6.07, 6.45) is 4.96. The zero-order valence-electron chi connectivity index (χ0n) is 11.3. The summed E-state index contributed by atoms with van der Waals surface area (Å²) in [5.41, 5.74) is 1.56. The predicted octanol–water partition coefficient (Wildman–Crippen LogP) is 1.90.